The molecule has 0 atom stereocenters. The highest BCUT2D eigenvalue weighted by atomic mass is 32.2. The molecule has 54 heavy (non-hydrogen) atoms. The molecule has 4 aliphatic rings. The summed E-state index contributed by atoms with van der Waals surface area (Å²) in [6, 6.07) is 30.9. The van der Waals surface area contributed by atoms with Crippen molar-refractivity contribution in [1.29, 1.82) is 0 Å². The van der Waals surface area contributed by atoms with Crippen molar-refractivity contribution in [3.63, 3.8) is 0 Å². The number of nitrogens with zero attached hydrogens (tertiary/aromatic N) is 1. The predicted octanol–water partition coefficient (Wildman–Crippen LogP) is 11.3. The zero-order valence-corrected chi connectivity index (χ0v) is 33.5. The molecule has 2 fully saturated rings. The normalized spacial score (nSPS) is 19.9. The molecule has 5 nitrogen and oxygen atoms in total. The van der Waals surface area contributed by atoms with Crippen LogP contribution in [0.3, 0.4) is 0 Å². The van der Waals surface area contributed by atoms with Gasteiger partial charge in [-0.2, -0.15) is 0 Å². The molecule has 1 saturated carbocycles. The number of morpholine rings is 1. The number of methoxy groups -OCH3 is 2. The Hall–Kier alpha value is -4.39. The Labute approximate surface area is 324 Å². The highest BCUT2D eigenvalue weighted by Crippen LogP contribution is 2.67. The van der Waals surface area contributed by atoms with E-state index in [1.165, 1.54) is 50.2 Å². The van der Waals surface area contributed by atoms with E-state index in [4.69, 9.17) is 18.9 Å². The first-order chi connectivity index (χ1) is 26.0. The van der Waals surface area contributed by atoms with E-state index in [9.17, 15) is 0 Å². The largest absolute Gasteiger partial charge is 0.497 e. The zero-order chi connectivity index (χ0) is 37.5. The van der Waals surface area contributed by atoms with E-state index in [0.717, 1.165) is 72.9 Å². The second-order valence-corrected chi connectivity index (χ2v) is 18.1. The van der Waals surface area contributed by atoms with Crippen LogP contribution in [-0.4, -0.2) is 46.8 Å². The van der Waals surface area contributed by atoms with Gasteiger partial charge in [0.2, 0.25) is 0 Å². The van der Waals surface area contributed by atoms with E-state index < -0.39 is 5.60 Å². The van der Waals surface area contributed by atoms with Gasteiger partial charge in [-0.15, -0.1) is 11.8 Å². The lowest BCUT2D eigenvalue weighted by Gasteiger charge is -2.52. The van der Waals surface area contributed by atoms with Gasteiger partial charge in [0.1, 0.15) is 17.2 Å². The van der Waals surface area contributed by atoms with Gasteiger partial charge in [-0.1, -0.05) is 82.3 Å². The summed E-state index contributed by atoms with van der Waals surface area (Å²) in [7, 11) is 3.43. The van der Waals surface area contributed by atoms with Crippen molar-refractivity contribution in [2.75, 3.05) is 51.7 Å². The number of hydrogen-bond donors (Lipinski definition) is 0. The van der Waals surface area contributed by atoms with Crippen LogP contribution in [0.25, 0.3) is 28.0 Å². The number of fused-ring (bicyclic) bond motifs is 10. The monoisotopic (exact) mass is 737 g/mol. The van der Waals surface area contributed by atoms with Crippen LogP contribution in [0, 0.1) is 10.8 Å². The first kappa shape index (κ1) is 35.3. The summed E-state index contributed by atoms with van der Waals surface area (Å²) in [5.74, 6) is 2.58. The molecule has 0 N–H and O–H groups in total. The summed E-state index contributed by atoms with van der Waals surface area (Å²) in [5, 5.41) is 2.42. The SMILES string of the molecule is COc1ccc(C2(c3ccc(OC)cc3)C=Cc3c4c(c5cc(SC)c(N6CCOCC6)cc5c3O2)-c2ccccc2C42CC(C)(C)CC(C)(C)C2)cc1. The van der Waals surface area contributed by atoms with Gasteiger partial charge < -0.3 is 23.8 Å². The third kappa shape index (κ3) is 5.46. The lowest BCUT2D eigenvalue weighted by molar-refractivity contribution is 0.0642. The summed E-state index contributed by atoms with van der Waals surface area (Å²) >= 11 is 1.83. The van der Waals surface area contributed by atoms with Crippen LogP contribution >= 0.6 is 11.8 Å². The van der Waals surface area contributed by atoms with Gasteiger partial charge in [-0.05, 0) is 106 Å². The van der Waals surface area contributed by atoms with E-state index in [0.29, 0.717) is 0 Å². The summed E-state index contributed by atoms with van der Waals surface area (Å²) in [6.07, 6.45) is 10.3. The molecular formula is C48H51NO4S. The summed E-state index contributed by atoms with van der Waals surface area (Å²) in [6.45, 7) is 13.1. The van der Waals surface area contributed by atoms with Crippen molar-refractivity contribution in [2.24, 2.45) is 10.8 Å². The van der Waals surface area contributed by atoms with Crippen LogP contribution in [0.15, 0.2) is 95.9 Å². The average molecular weight is 738 g/mol. The van der Waals surface area contributed by atoms with Crippen LogP contribution in [0.1, 0.15) is 74.8 Å². The lowest BCUT2D eigenvalue weighted by atomic mass is 9.52. The summed E-state index contributed by atoms with van der Waals surface area (Å²) in [4.78, 5) is 3.78. The number of hydrogen-bond acceptors (Lipinski definition) is 6. The minimum atomic E-state index is -0.895. The third-order valence-electron chi connectivity index (χ3n) is 12.4. The highest BCUT2D eigenvalue weighted by molar-refractivity contribution is 7.98. The van der Waals surface area contributed by atoms with Gasteiger partial charge in [0, 0.05) is 45.5 Å². The second kappa shape index (κ2) is 12.8. The molecule has 0 unspecified atom stereocenters. The number of anilines is 1. The molecule has 1 saturated heterocycles. The fraction of sp³-hybridized carbons (Fsp3) is 0.375. The molecule has 2 aliphatic heterocycles. The second-order valence-electron chi connectivity index (χ2n) is 17.3. The Balaban J connectivity index is 1.39. The minimum Gasteiger partial charge on any atom is -0.497 e. The molecule has 5 aromatic rings. The van der Waals surface area contributed by atoms with E-state index in [2.05, 4.69) is 112 Å². The van der Waals surface area contributed by atoms with Crippen LogP contribution in [0.2, 0.25) is 0 Å². The summed E-state index contributed by atoms with van der Waals surface area (Å²) in [5.41, 5.74) is 9.44. The van der Waals surface area contributed by atoms with Gasteiger partial charge in [0.15, 0.2) is 5.60 Å². The Morgan fingerprint density at radius 2 is 1.33 bits per heavy atom. The summed E-state index contributed by atoms with van der Waals surface area (Å²) < 4.78 is 24.9. The third-order valence-corrected chi connectivity index (χ3v) is 13.2. The van der Waals surface area contributed by atoms with Gasteiger partial charge in [-0.3, -0.25) is 0 Å². The molecule has 0 aromatic heterocycles. The van der Waals surface area contributed by atoms with Gasteiger partial charge in [0.05, 0.1) is 33.1 Å². The molecule has 2 heterocycles. The van der Waals surface area contributed by atoms with Gasteiger partial charge >= 0.3 is 0 Å². The number of benzene rings is 5. The fourth-order valence-corrected chi connectivity index (χ4v) is 11.7. The minimum absolute atomic E-state index is 0.151. The van der Waals surface area contributed by atoms with E-state index >= 15 is 0 Å². The molecule has 9 rings (SSSR count). The van der Waals surface area contributed by atoms with Crippen LogP contribution < -0.4 is 19.1 Å². The van der Waals surface area contributed by atoms with Crippen LogP contribution in [0.5, 0.6) is 17.2 Å². The number of rotatable bonds is 6. The van der Waals surface area contributed by atoms with Crippen LogP contribution in [0.4, 0.5) is 5.69 Å². The molecule has 278 valence electrons. The first-order valence-corrected chi connectivity index (χ1v) is 20.6. The molecule has 1 spiro atoms. The molecule has 5 aromatic carbocycles. The molecule has 0 amide bonds. The van der Waals surface area contributed by atoms with Crippen molar-refractivity contribution in [1.82, 2.24) is 0 Å². The Bertz CT molecular complexity index is 2220. The fourth-order valence-electron chi connectivity index (χ4n) is 11.0. The van der Waals surface area contributed by atoms with Crippen molar-refractivity contribution >= 4 is 34.3 Å². The lowest BCUT2D eigenvalue weighted by Crippen LogP contribution is -2.44. The highest BCUT2D eigenvalue weighted by Gasteiger charge is 2.55. The van der Waals surface area contributed by atoms with Crippen molar-refractivity contribution in [2.45, 2.75) is 62.9 Å². The Morgan fingerprint density at radius 3 is 1.93 bits per heavy atom. The van der Waals surface area contributed by atoms with E-state index in [1.807, 2.05) is 36.0 Å². The maximum absolute atomic E-state index is 7.81. The maximum atomic E-state index is 7.81. The quantitative estimate of drug-likeness (QED) is 0.162. The van der Waals surface area contributed by atoms with E-state index in [1.54, 1.807) is 14.2 Å². The number of ether oxygens (including phenoxy) is 4. The van der Waals surface area contributed by atoms with Crippen molar-refractivity contribution in [3.05, 3.63) is 119 Å². The van der Waals surface area contributed by atoms with Crippen LogP contribution in [-0.2, 0) is 15.8 Å². The molecule has 6 heteroatoms. The zero-order valence-electron chi connectivity index (χ0n) is 32.7. The molecular weight excluding hydrogens is 687 g/mol. The van der Waals surface area contributed by atoms with Crippen molar-refractivity contribution < 1.29 is 18.9 Å². The average Bonchev–Trinajstić information content (AvgIpc) is 3.44. The van der Waals surface area contributed by atoms with Gasteiger partial charge in [0.25, 0.3) is 0 Å². The maximum Gasteiger partial charge on any atom is 0.178 e. The van der Waals surface area contributed by atoms with Crippen molar-refractivity contribution in [3.8, 4) is 28.4 Å². The molecule has 0 radical (unpaired) electrons. The van der Waals surface area contributed by atoms with E-state index in [-0.39, 0.29) is 16.2 Å². The Morgan fingerprint density at radius 1 is 0.722 bits per heavy atom. The standard InChI is InChI=1S/C48H51NO4S/c1-45(2)28-46(3,4)30-47(29-45)39-11-9-8-10-35(39)42-37-27-41(54-7)40(49-22-24-52-25-23-49)26-38(37)44-36(43(42)47)20-21-48(53-44,31-12-16-33(50-5)17-13-31)32-14-18-34(51-6)19-15-32/h8-21,26-27H,22-25,28-30H2,1-7H3. The smallest absolute Gasteiger partial charge is 0.178 e. The topological polar surface area (TPSA) is 40.2 Å². The molecule has 0 bridgehead atoms. The predicted molar refractivity (Wildman–Crippen MR) is 223 cm³/mol. The van der Waals surface area contributed by atoms with Gasteiger partial charge in [-0.25, -0.2) is 0 Å². The Kier molecular flexibility index (Phi) is 8.40. The first-order valence-electron chi connectivity index (χ1n) is 19.3. The molecule has 2 aliphatic carbocycles. The number of thioether (sulfide) groups is 1.